The van der Waals surface area contributed by atoms with Crippen molar-refractivity contribution in [1.82, 2.24) is 4.98 Å². The van der Waals surface area contributed by atoms with Gasteiger partial charge in [-0.05, 0) is 73.1 Å². The molecule has 0 fully saturated rings. The average Bonchev–Trinajstić information content (AvgIpc) is 3.45. The Bertz CT molecular complexity index is 1880. The Morgan fingerprint density at radius 2 is 1.50 bits per heavy atom. The van der Waals surface area contributed by atoms with Gasteiger partial charge in [0.25, 0.3) is 0 Å². The number of hydrogen-bond donors (Lipinski definition) is 1. The first kappa shape index (κ1) is 40.9. The summed E-state index contributed by atoms with van der Waals surface area (Å²) in [4.78, 5) is 16.7. The molecule has 0 saturated heterocycles. The first-order chi connectivity index (χ1) is 23.3. The molecule has 0 spiro atoms. The number of nitrogens with zero attached hydrogens (tertiary/aromatic N) is 1. The number of furan rings is 1. The van der Waals surface area contributed by atoms with Gasteiger partial charge in [0.15, 0.2) is 5.78 Å². The van der Waals surface area contributed by atoms with Crippen LogP contribution in [0.4, 0.5) is 0 Å². The van der Waals surface area contributed by atoms with E-state index in [1.807, 2.05) is 34.6 Å². The summed E-state index contributed by atoms with van der Waals surface area (Å²) < 4.78 is 6.03. The van der Waals surface area contributed by atoms with E-state index in [9.17, 15) is 9.90 Å². The van der Waals surface area contributed by atoms with Crippen LogP contribution in [0.2, 0.25) is 0 Å². The third kappa shape index (κ3) is 10.0. The molecule has 3 aromatic carbocycles. The van der Waals surface area contributed by atoms with Crippen LogP contribution in [-0.2, 0) is 36.7 Å². The number of ketones is 1. The molecule has 0 amide bonds. The molecular weight excluding hydrogens is 795 g/mol. The molecular formula is C45H56IrNO3-. The summed E-state index contributed by atoms with van der Waals surface area (Å²) in [6.07, 6.45) is 5.99. The minimum atomic E-state index is 0. The molecule has 5 heteroatoms. The molecule has 0 aliphatic rings. The third-order valence-corrected chi connectivity index (χ3v) is 9.48. The van der Waals surface area contributed by atoms with E-state index < -0.39 is 0 Å². The molecule has 0 aliphatic heterocycles. The maximum Gasteiger partial charge on any atom is 0.219 e. The molecule has 269 valence electrons. The van der Waals surface area contributed by atoms with Crippen molar-refractivity contribution in [1.29, 1.82) is 0 Å². The number of fused-ring (bicyclic) bond motifs is 2. The van der Waals surface area contributed by atoms with Crippen molar-refractivity contribution in [3.8, 4) is 22.4 Å². The van der Waals surface area contributed by atoms with Gasteiger partial charge >= 0.3 is 0 Å². The van der Waals surface area contributed by atoms with Crippen molar-refractivity contribution in [3.05, 3.63) is 102 Å². The number of carbonyl (C=O) groups is 1. The van der Waals surface area contributed by atoms with Crippen LogP contribution in [0.1, 0.15) is 105 Å². The summed E-state index contributed by atoms with van der Waals surface area (Å²) in [6, 6.07) is 27.6. The van der Waals surface area contributed by atoms with Crippen molar-refractivity contribution in [2.24, 2.45) is 17.8 Å². The summed E-state index contributed by atoms with van der Waals surface area (Å²) in [5, 5.41) is 13.2. The summed E-state index contributed by atoms with van der Waals surface area (Å²) in [5.41, 5.74) is 7.56. The van der Waals surface area contributed by atoms with Gasteiger partial charge in [-0.2, -0.15) is 0 Å². The predicted octanol–water partition coefficient (Wildman–Crippen LogP) is 12.8. The van der Waals surface area contributed by atoms with Gasteiger partial charge in [0.2, 0.25) is 5.71 Å². The van der Waals surface area contributed by atoms with E-state index in [-0.39, 0.29) is 48.9 Å². The van der Waals surface area contributed by atoms with E-state index in [1.165, 1.54) is 28.2 Å². The van der Waals surface area contributed by atoms with Gasteiger partial charge in [0.05, 0.1) is 5.76 Å². The Balaban J connectivity index is 0.000000361. The second-order valence-electron chi connectivity index (χ2n) is 14.8. The summed E-state index contributed by atoms with van der Waals surface area (Å²) in [7, 11) is 0. The first-order valence-corrected chi connectivity index (χ1v) is 18.2. The van der Waals surface area contributed by atoms with Gasteiger partial charge in [-0.15, -0.1) is 29.1 Å². The van der Waals surface area contributed by atoms with E-state index in [1.54, 1.807) is 0 Å². The maximum absolute atomic E-state index is 11.7. The molecule has 2 heterocycles. The van der Waals surface area contributed by atoms with Crippen molar-refractivity contribution in [2.75, 3.05) is 0 Å². The number of rotatable bonds is 11. The molecule has 50 heavy (non-hydrogen) atoms. The van der Waals surface area contributed by atoms with Crippen molar-refractivity contribution >= 4 is 27.7 Å². The topological polar surface area (TPSA) is 63.3 Å². The number of aryl methyl sites for hydroxylation is 1. The zero-order valence-electron chi connectivity index (χ0n) is 31.7. The fourth-order valence-electron chi connectivity index (χ4n) is 6.57. The molecule has 1 radical (unpaired) electrons. The summed E-state index contributed by atoms with van der Waals surface area (Å²) in [5.74, 6) is 2.06. The molecule has 2 aromatic heterocycles. The van der Waals surface area contributed by atoms with Crippen LogP contribution in [0.25, 0.3) is 44.3 Å². The monoisotopic (exact) mass is 851 g/mol. The molecule has 5 aromatic rings. The number of aliphatic hydroxyl groups excluding tert-OH is 1. The summed E-state index contributed by atoms with van der Waals surface area (Å²) in [6.45, 7) is 21.3. The number of pyridine rings is 1. The van der Waals surface area contributed by atoms with Gasteiger partial charge in [0, 0.05) is 49.1 Å². The molecule has 1 N–H and O–H groups in total. The predicted molar refractivity (Wildman–Crippen MR) is 207 cm³/mol. The smallest absolute Gasteiger partial charge is 0.219 e. The van der Waals surface area contributed by atoms with E-state index in [0.717, 1.165) is 65.5 Å². The van der Waals surface area contributed by atoms with Crippen LogP contribution < -0.4 is 0 Å². The van der Waals surface area contributed by atoms with Crippen LogP contribution in [0.15, 0.2) is 83.0 Å². The van der Waals surface area contributed by atoms with Gasteiger partial charge in [-0.1, -0.05) is 122 Å². The SMILES string of the molecule is CCC(CC)C(=O)/C=C(\O)C(CC)CC.Cc1cc2c(-c3ccc(CC(C)C)cc3)cc(-c3[c-]c4ccccc4c(C(C)(C)C)c3)nc2o1.[Ir]. The van der Waals surface area contributed by atoms with Crippen LogP contribution in [-0.4, -0.2) is 15.9 Å². The van der Waals surface area contributed by atoms with Gasteiger partial charge in [-0.3, -0.25) is 9.78 Å². The Morgan fingerprint density at radius 1 is 0.880 bits per heavy atom. The van der Waals surface area contributed by atoms with E-state index in [2.05, 4.69) is 107 Å². The maximum atomic E-state index is 11.7. The van der Waals surface area contributed by atoms with Gasteiger partial charge < -0.3 is 9.52 Å². The average molecular weight is 851 g/mol. The molecule has 0 atom stereocenters. The van der Waals surface area contributed by atoms with Gasteiger partial charge in [-0.25, -0.2) is 0 Å². The molecule has 0 saturated carbocycles. The second kappa shape index (κ2) is 18.1. The normalized spacial score (nSPS) is 12.1. The Morgan fingerprint density at radius 3 is 2.08 bits per heavy atom. The second-order valence-corrected chi connectivity index (χ2v) is 14.8. The largest absolute Gasteiger partial charge is 0.512 e. The minimum absolute atomic E-state index is 0. The zero-order chi connectivity index (χ0) is 35.9. The molecule has 4 nitrogen and oxygen atoms in total. The van der Waals surface area contributed by atoms with Crippen molar-refractivity contribution in [2.45, 2.75) is 107 Å². The standard InChI is InChI=1S/C32H32NO.C13H24O2.Ir/c1-20(2)15-22-11-13-23(14-12-22)27-19-30(33-31-28(27)16-21(3)34-31)25-17-24-9-7-8-10-26(24)29(18-25)32(4,5)6;1-5-10(6-2)12(14)9-13(15)11(7-3)8-4;/h7-14,16,18-20H,15H2,1-6H3;9-11,14H,5-8H2,1-4H3;/q-1;;/b;12-9-;. The van der Waals surface area contributed by atoms with E-state index in [0.29, 0.717) is 11.6 Å². The fraction of sp³-hybridized carbons (Fsp3) is 0.422. The van der Waals surface area contributed by atoms with Crippen LogP contribution in [0.5, 0.6) is 0 Å². The van der Waals surface area contributed by atoms with Gasteiger partial charge in [0.1, 0.15) is 5.76 Å². The molecule has 0 aliphatic carbocycles. The van der Waals surface area contributed by atoms with Crippen LogP contribution in [0, 0.1) is 30.7 Å². The number of carbonyl (C=O) groups excluding carboxylic acids is 1. The van der Waals surface area contributed by atoms with Crippen LogP contribution in [0.3, 0.4) is 0 Å². The number of allylic oxidation sites excluding steroid dienone is 2. The quantitative estimate of drug-likeness (QED) is 0.0817. The summed E-state index contributed by atoms with van der Waals surface area (Å²) >= 11 is 0. The molecule has 0 bridgehead atoms. The van der Waals surface area contributed by atoms with Crippen molar-refractivity contribution < 1.29 is 34.4 Å². The number of hydrogen-bond acceptors (Lipinski definition) is 4. The van der Waals surface area contributed by atoms with Crippen LogP contribution >= 0.6 is 0 Å². The van der Waals surface area contributed by atoms with E-state index >= 15 is 0 Å². The Labute approximate surface area is 314 Å². The fourth-order valence-corrected chi connectivity index (χ4v) is 6.57. The number of benzene rings is 3. The molecule has 5 rings (SSSR count). The molecule has 0 unspecified atom stereocenters. The number of aromatic nitrogens is 1. The third-order valence-electron chi connectivity index (χ3n) is 9.48. The number of aliphatic hydroxyl groups is 1. The zero-order valence-corrected chi connectivity index (χ0v) is 34.1. The minimum Gasteiger partial charge on any atom is -0.512 e. The van der Waals surface area contributed by atoms with Crippen molar-refractivity contribution in [3.63, 3.8) is 0 Å². The first-order valence-electron chi connectivity index (χ1n) is 18.2. The Hall–Kier alpha value is -3.53. The Kier molecular flexibility index (Phi) is 14.8. The van der Waals surface area contributed by atoms with E-state index in [4.69, 9.17) is 9.40 Å².